The van der Waals surface area contributed by atoms with Gasteiger partial charge in [0.05, 0.1) is 18.3 Å². The Balaban J connectivity index is 1.96. The van der Waals surface area contributed by atoms with Gasteiger partial charge in [-0.25, -0.2) is 13.9 Å². The molecule has 24 heavy (non-hydrogen) atoms. The summed E-state index contributed by atoms with van der Waals surface area (Å²) in [5.41, 5.74) is 4.05. The van der Waals surface area contributed by atoms with Crippen LogP contribution < -0.4 is 5.48 Å². The Kier molecular flexibility index (Phi) is 6.78. The fourth-order valence-corrected chi connectivity index (χ4v) is 3.42. The minimum Gasteiger partial charge on any atom is -0.272 e. The van der Waals surface area contributed by atoms with Crippen LogP contribution in [0.3, 0.4) is 0 Å². The first-order valence-electron chi connectivity index (χ1n) is 7.36. The standard InChI is InChI=1S/C17H18ClNO4S/c18-24(21,22)13-16(11-14-7-3-1-4-8-14)17(20)19-23-12-15-9-5-2-6-10-15/h1-10,16H,11-13H2,(H,19,20). The van der Waals surface area contributed by atoms with Crippen molar-refractivity contribution in [2.24, 2.45) is 5.92 Å². The Hall–Kier alpha value is -1.89. The number of rotatable bonds is 8. The molecule has 0 fully saturated rings. The van der Waals surface area contributed by atoms with Crippen molar-refractivity contribution in [3.05, 3.63) is 71.8 Å². The number of benzene rings is 2. The molecule has 0 heterocycles. The highest BCUT2D eigenvalue weighted by atomic mass is 35.7. The number of amides is 1. The Morgan fingerprint density at radius 1 is 1.00 bits per heavy atom. The molecular weight excluding hydrogens is 350 g/mol. The fourth-order valence-electron chi connectivity index (χ4n) is 2.21. The molecule has 1 unspecified atom stereocenters. The summed E-state index contributed by atoms with van der Waals surface area (Å²) >= 11 is 0. The maximum Gasteiger partial charge on any atom is 0.248 e. The van der Waals surface area contributed by atoms with Gasteiger partial charge < -0.3 is 0 Å². The lowest BCUT2D eigenvalue weighted by Crippen LogP contribution is -2.35. The smallest absolute Gasteiger partial charge is 0.248 e. The van der Waals surface area contributed by atoms with Gasteiger partial charge in [0.25, 0.3) is 0 Å². The van der Waals surface area contributed by atoms with Gasteiger partial charge in [-0.3, -0.25) is 9.63 Å². The molecule has 1 amide bonds. The normalized spacial score (nSPS) is 12.5. The van der Waals surface area contributed by atoms with Gasteiger partial charge >= 0.3 is 0 Å². The van der Waals surface area contributed by atoms with Crippen LogP contribution in [0.5, 0.6) is 0 Å². The van der Waals surface area contributed by atoms with Crippen LogP contribution in [0.2, 0.25) is 0 Å². The Bertz CT molecular complexity index is 751. The maximum absolute atomic E-state index is 12.3. The zero-order valence-electron chi connectivity index (χ0n) is 12.9. The second-order valence-electron chi connectivity index (χ2n) is 5.33. The van der Waals surface area contributed by atoms with Crippen molar-refractivity contribution in [2.75, 3.05) is 5.75 Å². The maximum atomic E-state index is 12.3. The van der Waals surface area contributed by atoms with Crippen LogP contribution in [-0.2, 0) is 31.7 Å². The predicted octanol–water partition coefficient (Wildman–Crippen LogP) is 2.66. The van der Waals surface area contributed by atoms with Crippen LogP contribution in [0.4, 0.5) is 0 Å². The monoisotopic (exact) mass is 367 g/mol. The third-order valence-electron chi connectivity index (χ3n) is 3.35. The van der Waals surface area contributed by atoms with Crippen LogP contribution in [0.25, 0.3) is 0 Å². The van der Waals surface area contributed by atoms with Gasteiger partial charge in [0.15, 0.2) is 0 Å². The van der Waals surface area contributed by atoms with E-state index in [1.165, 1.54) is 0 Å². The molecule has 1 atom stereocenters. The van der Waals surface area contributed by atoms with Crippen LogP contribution in [0, 0.1) is 5.92 Å². The molecule has 7 heteroatoms. The molecule has 0 bridgehead atoms. The first kappa shape index (κ1) is 18.4. The van der Waals surface area contributed by atoms with Gasteiger partial charge in [-0.15, -0.1) is 0 Å². The van der Waals surface area contributed by atoms with Crippen molar-refractivity contribution in [1.29, 1.82) is 0 Å². The number of hydrogen-bond donors (Lipinski definition) is 1. The predicted molar refractivity (Wildman–Crippen MR) is 92.6 cm³/mol. The Morgan fingerprint density at radius 2 is 1.54 bits per heavy atom. The average molecular weight is 368 g/mol. The highest BCUT2D eigenvalue weighted by molar-refractivity contribution is 8.13. The molecule has 0 aromatic heterocycles. The van der Waals surface area contributed by atoms with Crippen molar-refractivity contribution >= 4 is 25.6 Å². The number of nitrogens with one attached hydrogen (secondary N) is 1. The largest absolute Gasteiger partial charge is 0.272 e. The number of hydrogen-bond acceptors (Lipinski definition) is 4. The Morgan fingerprint density at radius 3 is 2.08 bits per heavy atom. The highest BCUT2D eigenvalue weighted by Crippen LogP contribution is 2.14. The van der Waals surface area contributed by atoms with E-state index in [1.807, 2.05) is 60.7 Å². The summed E-state index contributed by atoms with van der Waals surface area (Å²) in [7, 11) is 1.51. The van der Waals surface area contributed by atoms with E-state index in [4.69, 9.17) is 15.5 Å². The third-order valence-corrected chi connectivity index (χ3v) is 4.53. The molecule has 0 aliphatic heterocycles. The van der Waals surface area contributed by atoms with E-state index in [2.05, 4.69) is 5.48 Å². The van der Waals surface area contributed by atoms with E-state index in [-0.39, 0.29) is 13.0 Å². The van der Waals surface area contributed by atoms with Crippen LogP contribution in [0.1, 0.15) is 11.1 Å². The minimum absolute atomic E-state index is 0.193. The summed E-state index contributed by atoms with van der Waals surface area (Å²) in [5, 5.41) is 0. The first-order chi connectivity index (χ1) is 11.4. The van der Waals surface area contributed by atoms with E-state index in [1.54, 1.807) is 0 Å². The van der Waals surface area contributed by atoms with Gasteiger partial charge in [0.1, 0.15) is 0 Å². The van der Waals surface area contributed by atoms with E-state index in [0.717, 1.165) is 11.1 Å². The van der Waals surface area contributed by atoms with Gasteiger partial charge in [-0.2, -0.15) is 0 Å². The molecule has 0 aliphatic carbocycles. The minimum atomic E-state index is -3.81. The molecule has 2 rings (SSSR count). The third kappa shape index (κ3) is 6.70. The number of halogens is 1. The van der Waals surface area contributed by atoms with Crippen molar-refractivity contribution in [3.63, 3.8) is 0 Å². The SMILES string of the molecule is O=C(NOCc1ccccc1)C(Cc1ccccc1)CS(=O)(=O)Cl. The lowest BCUT2D eigenvalue weighted by atomic mass is 10.0. The molecule has 0 saturated carbocycles. The molecule has 2 aromatic rings. The van der Waals surface area contributed by atoms with Gasteiger partial charge in [-0.05, 0) is 17.5 Å². The molecular formula is C17H18ClNO4S. The van der Waals surface area contributed by atoms with Crippen LogP contribution >= 0.6 is 10.7 Å². The quantitative estimate of drug-likeness (QED) is 0.575. The summed E-state index contributed by atoms with van der Waals surface area (Å²) in [6, 6.07) is 18.5. The summed E-state index contributed by atoms with van der Waals surface area (Å²) in [4.78, 5) is 17.4. The van der Waals surface area contributed by atoms with Gasteiger partial charge in [0, 0.05) is 10.7 Å². The van der Waals surface area contributed by atoms with Crippen LogP contribution in [-0.4, -0.2) is 20.1 Å². The lowest BCUT2D eigenvalue weighted by molar-refractivity contribution is -0.138. The summed E-state index contributed by atoms with van der Waals surface area (Å²) < 4.78 is 22.8. The molecule has 0 aliphatic rings. The van der Waals surface area contributed by atoms with Crippen LogP contribution in [0.15, 0.2) is 60.7 Å². The second kappa shape index (κ2) is 8.82. The lowest BCUT2D eigenvalue weighted by Gasteiger charge is -2.15. The first-order valence-corrected chi connectivity index (χ1v) is 9.84. The number of carbonyl (C=O) groups excluding carboxylic acids is 1. The summed E-state index contributed by atoms with van der Waals surface area (Å²) in [6.07, 6.45) is 0.257. The van der Waals surface area contributed by atoms with E-state index >= 15 is 0 Å². The van der Waals surface area contributed by atoms with Gasteiger partial charge in [0.2, 0.25) is 15.0 Å². The van der Waals surface area contributed by atoms with E-state index < -0.39 is 26.6 Å². The van der Waals surface area contributed by atoms with E-state index in [0.29, 0.717) is 0 Å². The number of hydroxylamine groups is 1. The second-order valence-corrected chi connectivity index (χ2v) is 8.15. The average Bonchev–Trinajstić information content (AvgIpc) is 2.55. The fraction of sp³-hybridized carbons (Fsp3) is 0.235. The van der Waals surface area contributed by atoms with Gasteiger partial charge in [-0.1, -0.05) is 60.7 Å². The summed E-state index contributed by atoms with van der Waals surface area (Å²) in [6.45, 7) is 0.193. The molecule has 0 saturated heterocycles. The molecule has 128 valence electrons. The molecule has 5 nitrogen and oxygen atoms in total. The zero-order chi connectivity index (χ0) is 17.4. The number of carbonyl (C=O) groups is 1. The van der Waals surface area contributed by atoms with Crippen molar-refractivity contribution < 1.29 is 18.0 Å². The molecule has 0 spiro atoms. The van der Waals surface area contributed by atoms with Crippen molar-refractivity contribution in [2.45, 2.75) is 13.0 Å². The Labute approximate surface area is 146 Å². The van der Waals surface area contributed by atoms with Crippen molar-refractivity contribution in [1.82, 2.24) is 5.48 Å². The zero-order valence-corrected chi connectivity index (χ0v) is 14.5. The molecule has 2 aromatic carbocycles. The van der Waals surface area contributed by atoms with E-state index in [9.17, 15) is 13.2 Å². The topological polar surface area (TPSA) is 72.5 Å². The molecule has 0 radical (unpaired) electrons. The van der Waals surface area contributed by atoms with Crippen molar-refractivity contribution in [3.8, 4) is 0 Å². The summed E-state index contributed by atoms with van der Waals surface area (Å²) in [5.74, 6) is -1.80. The molecule has 1 N–H and O–H groups in total. The highest BCUT2D eigenvalue weighted by Gasteiger charge is 2.25.